The number of alkyl halides is 3. The van der Waals surface area contributed by atoms with Crippen LogP contribution in [0.4, 0.5) is 18.9 Å². The molecule has 0 unspecified atom stereocenters. The Kier molecular flexibility index (Phi) is 4.09. The predicted molar refractivity (Wildman–Crippen MR) is 66.8 cm³/mol. The monoisotopic (exact) mass is 269 g/mol. The van der Waals surface area contributed by atoms with Crippen molar-refractivity contribution in [1.82, 2.24) is 9.97 Å². The molecule has 0 radical (unpaired) electrons. The second-order valence-electron chi connectivity index (χ2n) is 4.17. The molecule has 6 heteroatoms. The number of benzene rings is 1. The standard InChI is InChI=1S/C13H14F3N3/c14-13(15,16)10-3-1-4-11(7-10)18-6-2-5-12-8-17-9-19-12/h1,3-4,7-9,18H,2,5-6H2,(H,17,19). The lowest BCUT2D eigenvalue weighted by Crippen LogP contribution is -2.07. The summed E-state index contributed by atoms with van der Waals surface area (Å²) in [6, 6.07) is 5.21. The van der Waals surface area contributed by atoms with Crippen molar-refractivity contribution in [2.24, 2.45) is 0 Å². The number of hydrogen-bond donors (Lipinski definition) is 2. The highest BCUT2D eigenvalue weighted by atomic mass is 19.4. The maximum absolute atomic E-state index is 12.5. The summed E-state index contributed by atoms with van der Waals surface area (Å²) < 4.78 is 37.5. The number of nitrogens with one attached hydrogen (secondary N) is 2. The average molecular weight is 269 g/mol. The molecule has 0 aliphatic heterocycles. The number of aryl methyl sites for hydroxylation is 1. The van der Waals surface area contributed by atoms with Gasteiger partial charge in [0.05, 0.1) is 17.6 Å². The Bertz CT molecular complexity index is 506. The van der Waals surface area contributed by atoms with Crippen LogP contribution >= 0.6 is 0 Å². The summed E-state index contributed by atoms with van der Waals surface area (Å²) in [5.74, 6) is 0. The zero-order valence-electron chi connectivity index (χ0n) is 10.2. The number of halogens is 3. The first-order chi connectivity index (χ1) is 9.05. The minimum atomic E-state index is -4.30. The normalized spacial score (nSPS) is 11.5. The zero-order valence-corrected chi connectivity index (χ0v) is 10.2. The highest BCUT2D eigenvalue weighted by Crippen LogP contribution is 2.30. The molecule has 2 aromatic rings. The molecular formula is C13H14F3N3. The molecule has 1 aromatic heterocycles. The van der Waals surface area contributed by atoms with Gasteiger partial charge in [-0.3, -0.25) is 0 Å². The maximum atomic E-state index is 12.5. The van der Waals surface area contributed by atoms with E-state index < -0.39 is 11.7 Å². The minimum Gasteiger partial charge on any atom is -0.385 e. The third-order valence-corrected chi connectivity index (χ3v) is 2.68. The van der Waals surface area contributed by atoms with Crippen molar-refractivity contribution >= 4 is 5.69 Å². The number of anilines is 1. The Labute approximate surface area is 108 Å². The summed E-state index contributed by atoms with van der Waals surface area (Å²) in [6.07, 6.45) is 0.711. The fraction of sp³-hybridized carbons (Fsp3) is 0.308. The third kappa shape index (κ3) is 4.01. The topological polar surface area (TPSA) is 40.7 Å². The molecule has 0 saturated carbocycles. The van der Waals surface area contributed by atoms with Crippen LogP contribution in [0.25, 0.3) is 0 Å². The molecule has 0 spiro atoms. The lowest BCUT2D eigenvalue weighted by atomic mass is 10.2. The minimum absolute atomic E-state index is 0.483. The molecule has 0 amide bonds. The van der Waals surface area contributed by atoms with Crippen LogP contribution in [-0.4, -0.2) is 16.5 Å². The summed E-state index contributed by atoms with van der Waals surface area (Å²) in [6.45, 7) is 0.605. The van der Waals surface area contributed by atoms with Crippen LogP contribution in [0, 0.1) is 0 Å². The number of aromatic amines is 1. The lowest BCUT2D eigenvalue weighted by Gasteiger charge is -2.10. The lowest BCUT2D eigenvalue weighted by molar-refractivity contribution is -0.137. The first-order valence-corrected chi connectivity index (χ1v) is 5.94. The van der Waals surface area contributed by atoms with E-state index in [1.54, 1.807) is 12.4 Å². The quantitative estimate of drug-likeness (QED) is 0.816. The van der Waals surface area contributed by atoms with Crippen LogP contribution in [0.3, 0.4) is 0 Å². The number of aromatic nitrogens is 2. The molecule has 2 N–H and O–H groups in total. The molecule has 19 heavy (non-hydrogen) atoms. The molecule has 0 fully saturated rings. The second kappa shape index (κ2) is 5.77. The average Bonchev–Trinajstić information content (AvgIpc) is 2.87. The highest BCUT2D eigenvalue weighted by Gasteiger charge is 2.30. The second-order valence-corrected chi connectivity index (χ2v) is 4.17. The van der Waals surface area contributed by atoms with E-state index in [0.717, 1.165) is 30.7 Å². The first-order valence-electron chi connectivity index (χ1n) is 5.94. The molecule has 0 atom stereocenters. The van der Waals surface area contributed by atoms with Gasteiger partial charge in [-0.15, -0.1) is 0 Å². The van der Waals surface area contributed by atoms with E-state index in [1.165, 1.54) is 6.07 Å². The summed E-state index contributed by atoms with van der Waals surface area (Å²) in [5, 5.41) is 2.98. The Balaban J connectivity index is 1.83. The van der Waals surface area contributed by atoms with E-state index in [2.05, 4.69) is 15.3 Å². The van der Waals surface area contributed by atoms with Crippen molar-refractivity contribution < 1.29 is 13.2 Å². The number of hydrogen-bond acceptors (Lipinski definition) is 2. The molecule has 0 saturated heterocycles. The van der Waals surface area contributed by atoms with Crippen molar-refractivity contribution in [3.63, 3.8) is 0 Å². The molecule has 3 nitrogen and oxygen atoms in total. The first kappa shape index (κ1) is 13.5. The third-order valence-electron chi connectivity index (χ3n) is 2.68. The van der Waals surface area contributed by atoms with Crippen LogP contribution < -0.4 is 5.32 Å². The van der Waals surface area contributed by atoms with E-state index in [4.69, 9.17) is 0 Å². The largest absolute Gasteiger partial charge is 0.416 e. The smallest absolute Gasteiger partial charge is 0.385 e. The van der Waals surface area contributed by atoms with Gasteiger partial charge in [-0.25, -0.2) is 4.98 Å². The van der Waals surface area contributed by atoms with E-state index in [1.807, 2.05) is 6.20 Å². The van der Waals surface area contributed by atoms with Gasteiger partial charge in [0, 0.05) is 18.4 Å². The zero-order chi connectivity index (χ0) is 13.7. The molecule has 0 aliphatic rings. The van der Waals surface area contributed by atoms with Gasteiger partial charge in [-0.2, -0.15) is 13.2 Å². The number of H-pyrrole nitrogens is 1. The van der Waals surface area contributed by atoms with Gasteiger partial charge >= 0.3 is 6.18 Å². The summed E-state index contributed by atoms with van der Waals surface area (Å²) in [7, 11) is 0. The number of imidazole rings is 1. The van der Waals surface area contributed by atoms with E-state index in [9.17, 15) is 13.2 Å². The predicted octanol–water partition coefficient (Wildman–Crippen LogP) is 3.47. The fourth-order valence-electron chi connectivity index (χ4n) is 1.74. The number of nitrogens with zero attached hydrogens (tertiary/aromatic N) is 1. The van der Waals surface area contributed by atoms with Gasteiger partial charge in [-0.1, -0.05) is 6.07 Å². The Morgan fingerprint density at radius 1 is 1.26 bits per heavy atom. The van der Waals surface area contributed by atoms with E-state index in [-0.39, 0.29) is 0 Å². The van der Waals surface area contributed by atoms with Crippen LogP contribution in [0.1, 0.15) is 17.7 Å². The van der Waals surface area contributed by atoms with Gasteiger partial charge < -0.3 is 10.3 Å². The van der Waals surface area contributed by atoms with Crippen molar-refractivity contribution in [2.75, 3.05) is 11.9 Å². The van der Waals surface area contributed by atoms with Crippen molar-refractivity contribution in [3.8, 4) is 0 Å². The van der Waals surface area contributed by atoms with Gasteiger partial charge in [0.25, 0.3) is 0 Å². The molecule has 2 rings (SSSR count). The highest BCUT2D eigenvalue weighted by molar-refractivity contribution is 5.46. The number of rotatable bonds is 5. The SMILES string of the molecule is FC(F)(F)c1cccc(NCCCc2c[nH]cn2)c1. The molecule has 0 bridgehead atoms. The van der Waals surface area contributed by atoms with Crippen LogP contribution in [-0.2, 0) is 12.6 Å². The molecular weight excluding hydrogens is 255 g/mol. The van der Waals surface area contributed by atoms with Gasteiger partial charge in [0.1, 0.15) is 0 Å². The van der Waals surface area contributed by atoms with Gasteiger partial charge in [0.2, 0.25) is 0 Å². The Morgan fingerprint density at radius 3 is 2.79 bits per heavy atom. The van der Waals surface area contributed by atoms with Crippen molar-refractivity contribution in [3.05, 3.63) is 48.0 Å². The van der Waals surface area contributed by atoms with Crippen molar-refractivity contribution in [2.45, 2.75) is 19.0 Å². The summed E-state index contributed by atoms with van der Waals surface area (Å²) >= 11 is 0. The Morgan fingerprint density at radius 2 is 2.11 bits per heavy atom. The summed E-state index contributed by atoms with van der Waals surface area (Å²) in [4.78, 5) is 6.93. The molecule has 1 heterocycles. The van der Waals surface area contributed by atoms with E-state index in [0.29, 0.717) is 12.2 Å². The summed E-state index contributed by atoms with van der Waals surface area (Å²) in [5.41, 5.74) is 0.799. The molecule has 1 aromatic carbocycles. The van der Waals surface area contributed by atoms with Gasteiger partial charge in [-0.05, 0) is 31.0 Å². The van der Waals surface area contributed by atoms with E-state index >= 15 is 0 Å². The Hall–Kier alpha value is -1.98. The fourth-order valence-corrected chi connectivity index (χ4v) is 1.74. The molecule has 102 valence electrons. The molecule has 0 aliphatic carbocycles. The van der Waals surface area contributed by atoms with Gasteiger partial charge in [0.15, 0.2) is 0 Å². The van der Waals surface area contributed by atoms with Crippen LogP contribution in [0.15, 0.2) is 36.8 Å². The van der Waals surface area contributed by atoms with Crippen molar-refractivity contribution in [1.29, 1.82) is 0 Å². The van der Waals surface area contributed by atoms with Crippen LogP contribution in [0.5, 0.6) is 0 Å². The van der Waals surface area contributed by atoms with Crippen LogP contribution in [0.2, 0.25) is 0 Å². The maximum Gasteiger partial charge on any atom is 0.416 e.